The van der Waals surface area contributed by atoms with E-state index in [1.165, 1.54) is 5.56 Å². The number of nitrogens with zero attached hydrogens (tertiary/aromatic N) is 2. The van der Waals surface area contributed by atoms with Gasteiger partial charge >= 0.3 is 0 Å². The number of hydrogen-bond acceptors (Lipinski definition) is 2. The maximum atomic E-state index is 6.48. The fraction of sp³-hybridized carbons (Fsp3) is 0.500. The third kappa shape index (κ3) is 5.68. The largest absolute Gasteiger partial charge is 0.416 e. The maximum Gasteiger partial charge on any atom is 0.192 e. The van der Waals surface area contributed by atoms with Crippen LogP contribution in [-0.4, -0.2) is 24.5 Å². The summed E-state index contributed by atoms with van der Waals surface area (Å²) in [5.74, 6) is 1.26. The van der Waals surface area contributed by atoms with E-state index in [-0.39, 0.29) is 11.0 Å². The normalized spacial score (nSPS) is 14.1. The molecule has 1 aromatic carbocycles. The lowest BCUT2D eigenvalue weighted by Crippen LogP contribution is -2.41. The Morgan fingerprint density at radius 1 is 1.19 bits per heavy atom. The zero-order chi connectivity index (χ0) is 19.2. The smallest absolute Gasteiger partial charge is 0.192 e. The standard InChI is InChI=1S/C22H34N2OSi/c1-22(2,3)26(5,6)25-18-20(21-23-16-17-24(21)4)15-11-10-14-19-12-8-7-9-13-19/h7-9,11-13,15-17,20H,10,14,18H2,1-6H3/b15-11+/t20-/m0/s1. The van der Waals surface area contributed by atoms with Crippen molar-refractivity contribution >= 4 is 8.32 Å². The van der Waals surface area contributed by atoms with Gasteiger partial charge in [0.15, 0.2) is 8.32 Å². The second-order valence-electron chi connectivity index (χ2n) is 8.53. The topological polar surface area (TPSA) is 27.1 Å². The lowest BCUT2D eigenvalue weighted by Gasteiger charge is -2.37. The van der Waals surface area contributed by atoms with E-state index in [2.05, 4.69) is 92.9 Å². The first kappa shape index (κ1) is 20.7. The maximum absolute atomic E-state index is 6.48. The van der Waals surface area contributed by atoms with E-state index in [4.69, 9.17) is 4.43 Å². The molecule has 2 aromatic rings. The first-order chi connectivity index (χ1) is 12.2. The summed E-state index contributed by atoms with van der Waals surface area (Å²) in [7, 11) is 0.286. The highest BCUT2D eigenvalue weighted by atomic mass is 28.4. The third-order valence-corrected chi connectivity index (χ3v) is 9.93. The molecule has 1 atom stereocenters. The highest BCUT2D eigenvalue weighted by molar-refractivity contribution is 6.74. The van der Waals surface area contributed by atoms with E-state index in [1.807, 2.05) is 12.4 Å². The third-order valence-electron chi connectivity index (χ3n) is 5.43. The van der Waals surface area contributed by atoms with Crippen molar-refractivity contribution in [3.8, 4) is 0 Å². The number of imidazole rings is 1. The van der Waals surface area contributed by atoms with E-state index in [9.17, 15) is 0 Å². The number of allylic oxidation sites excluding steroid dienone is 1. The average molecular weight is 371 g/mol. The second kappa shape index (κ2) is 8.83. The highest BCUT2D eigenvalue weighted by Gasteiger charge is 2.37. The highest BCUT2D eigenvalue weighted by Crippen LogP contribution is 2.37. The van der Waals surface area contributed by atoms with Crippen molar-refractivity contribution in [1.29, 1.82) is 0 Å². The number of hydrogen-bond donors (Lipinski definition) is 0. The number of aromatic nitrogens is 2. The molecular formula is C22H34N2OSi. The summed E-state index contributed by atoms with van der Waals surface area (Å²) in [6, 6.07) is 10.6. The zero-order valence-corrected chi connectivity index (χ0v) is 18.2. The molecule has 1 heterocycles. The molecule has 0 unspecified atom stereocenters. The Morgan fingerprint density at radius 3 is 2.46 bits per heavy atom. The number of aryl methyl sites for hydroxylation is 2. The lowest BCUT2D eigenvalue weighted by atomic mass is 10.1. The van der Waals surface area contributed by atoms with E-state index >= 15 is 0 Å². The molecule has 0 radical (unpaired) electrons. The monoisotopic (exact) mass is 370 g/mol. The Hall–Kier alpha value is -1.65. The van der Waals surface area contributed by atoms with Gasteiger partial charge in [0.05, 0.1) is 5.92 Å². The van der Waals surface area contributed by atoms with Crippen LogP contribution >= 0.6 is 0 Å². The van der Waals surface area contributed by atoms with Crippen molar-refractivity contribution < 1.29 is 4.43 Å². The molecule has 0 spiro atoms. The van der Waals surface area contributed by atoms with Crippen LogP contribution in [0.3, 0.4) is 0 Å². The lowest BCUT2D eigenvalue weighted by molar-refractivity contribution is 0.273. The fourth-order valence-electron chi connectivity index (χ4n) is 2.62. The molecule has 0 aliphatic rings. The molecule has 3 nitrogen and oxygen atoms in total. The molecule has 4 heteroatoms. The van der Waals surface area contributed by atoms with Crippen LogP contribution in [-0.2, 0) is 17.9 Å². The Balaban J connectivity index is 2.02. The van der Waals surface area contributed by atoms with Gasteiger partial charge in [-0.25, -0.2) is 4.98 Å². The quantitative estimate of drug-likeness (QED) is 0.439. The molecule has 0 bridgehead atoms. The van der Waals surface area contributed by atoms with E-state index in [1.54, 1.807) is 0 Å². The summed E-state index contributed by atoms with van der Waals surface area (Å²) < 4.78 is 8.58. The SMILES string of the molecule is Cn1ccnc1[C@@H](/C=C/CCc1ccccc1)CO[Si](C)(C)C(C)(C)C. The van der Waals surface area contributed by atoms with E-state index < -0.39 is 8.32 Å². The van der Waals surface area contributed by atoms with Gasteiger partial charge in [-0.3, -0.25) is 0 Å². The van der Waals surface area contributed by atoms with Crippen molar-refractivity contribution in [1.82, 2.24) is 9.55 Å². The molecule has 0 aliphatic carbocycles. The second-order valence-corrected chi connectivity index (χ2v) is 13.3. The summed E-state index contributed by atoms with van der Waals surface area (Å²) in [4.78, 5) is 4.56. The minimum Gasteiger partial charge on any atom is -0.416 e. The van der Waals surface area contributed by atoms with Gasteiger partial charge in [0, 0.05) is 26.0 Å². The van der Waals surface area contributed by atoms with Crippen LogP contribution in [0.25, 0.3) is 0 Å². The summed E-state index contributed by atoms with van der Waals surface area (Å²) in [6.07, 6.45) is 10.5. The van der Waals surface area contributed by atoms with Gasteiger partial charge < -0.3 is 8.99 Å². The molecule has 0 N–H and O–H groups in total. The summed E-state index contributed by atoms with van der Waals surface area (Å²) >= 11 is 0. The molecule has 142 valence electrons. The van der Waals surface area contributed by atoms with Gasteiger partial charge in [-0.2, -0.15) is 0 Å². The van der Waals surface area contributed by atoms with Crippen molar-refractivity contribution in [2.75, 3.05) is 6.61 Å². The van der Waals surface area contributed by atoms with Gasteiger partial charge in [-0.1, -0.05) is 63.3 Å². The molecule has 0 amide bonds. The fourth-order valence-corrected chi connectivity index (χ4v) is 3.65. The zero-order valence-electron chi connectivity index (χ0n) is 17.2. The molecule has 2 rings (SSSR count). The average Bonchev–Trinajstić information content (AvgIpc) is 3.00. The molecular weight excluding hydrogens is 336 g/mol. The van der Waals surface area contributed by atoms with Crippen LogP contribution in [0.15, 0.2) is 54.9 Å². The number of benzene rings is 1. The number of rotatable bonds is 8. The van der Waals surface area contributed by atoms with Gasteiger partial charge in [0.1, 0.15) is 5.82 Å². The Bertz CT molecular complexity index is 698. The van der Waals surface area contributed by atoms with E-state index in [0.717, 1.165) is 18.7 Å². The van der Waals surface area contributed by atoms with Gasteiger partial charge in [-0.15, -0.1) is 0 Å². The summed E-state index contributed by atoms with van der Waals surface area (Å²) in [5.41, 5.74) is 1.38. The van der Waals surface area contributed by atoms with Crippen molar-refractivity contribution in [2.24, 2.45) is 7.05 Å². The minimum absolute atomic E-state index is 0.194. The predicted octanol–water partition coefficient (Wildman–Crippen LogP) is 5.71. The van der Waals surface area contributed by atoms with Crippen LogP contribution in [0.4, 0.5) is 0 Å². The van der Waals surface area contributed by atoms with Crippen molar-refractivity contribution in [2.45, 2.75) is 57.7 Å². The molecule has 26 heavy (non-hydrogen) atoms. The Morgan fingerprint density at radius 2 is 1.88 bits per heavy atom. The first-order valence-electron chi connectivity index (χ1n) is 9.52. The molecule has 0 saturated carbocycles. The van der Waals surface area contributed by atoms with Crippen LogP contribution in [0.1, 0.15) is 44.5 Å². The minimum atomic E-state index is -1.77. The predicted molar refractivity (Wildman–Crippen MR) is 113 cm³/mol. The van der Waals surface area contributed by atoms with Crippen LogP contribution in [0.2, 0.25) is 18.1 Å². The van der Waals surface area contributed by atoms with Gasteiger partial charge in [-0.05, 0) is 36.5 Å². The van der Waals surface area contributed by atoms with Gasteiger partial charge in [0.2, 0.25) is 0 Å². The first-order valence-corrected chi connectivity index (χ1v) is 12.4. The van der Waals surface area contributed by atoms with Crippen LogP contribution in [0.5, 0.6) is 0 Å². The van der Waals surface area contributed by atoms with Gasteiger partial charge in [0.25, 0.3) is 0 Å². The van der Waals surface area contributed by atoms with Crippen molar-refractivity contribution in [3.05, 3.63) is 66.3 Å². The Labute approximate surface area is 160 Å². The molecule has 0 fully saturated rings. The summed E-state index contributed by atoms with van der Waals surface area (Å²) in [5, 5.41) is 0.218. The van der Waals surface area contributed by atoms with E-state index in [0.29, 0.717) is 6.61 Å². The summed E-state index contributed by atoms with van der Waals surface area (Å²) in [6.45, 7) is 12.2. The molecule has 0 aliphatic heterocycles. The van der Waals surface area contributed by atoms with Crippen molar-refractivity contribution in [3.63, 3.8) is 0 Å². The molecule has 0 saturated heterocycles. The molecule has 1 aromatic heterocycles. The van der Waals surface area contributed by atoms with Crippen LogP contribution in [0, 0.1) is 0 Å². The Kier molecular flexibility index (Phi) is 7.01. The van der Waals surface area contributed by atoms with Crippen LogP contribution < -0.4 is 0 Å².